The smallest absolute Gasteiger partial charge is 0.282 e. The van der Waals surface area contributed by atoms with E-state index in [1.54, 1.807) is 0 Å². The number of likely N-dealkylation sites (N-methyl/N-ethyl adjacent to an activating group) is 1. The number of dihydropyridines is 1. The minimum absolute atomic E-state index is 0.142. The normalized spacial score (nSPS) is 19.3. The molecule has 2 atom stereocenters. The summed E-state index contributed by atoms with van der Waals surface area (Å²) in [6.07, 6.45) is 30.1. The van der Waals surface area contributed by atoms with Gasteiger partial charge in [-0.15, -0.1) is 0 Å². The van der Waals surface area contributed by atoms with Gasteiger partial charge in [0.2, 0.25) is 0 Å². The van der Waals surface area contributed by atoms with Gasteiger partial charge in [0.05, 0.1) is 11.2 Å². The van der Waals surface area contributed by atoms with Crippen molar-refractivity contribution in [3.8, 4) is 11.1 Å². The summed E-state index contributed by atoms with van der Waals surface area (Å²) in [4.78, 5) is 2.24. The lowest BCUT2D eigenvalue weighted by atomic mass is 9.77. The number of nitrogens with zero attached hydrogens (tertiary/aromatic N) is 1. The van der Waals surface area contributed by atoms with Gasteiger partial charge in [-0.2, -0.15) is 0 Å². The number of benzene rings is 2. The topological polar surface area (TPSA) is 44.7 Å². The number of allylic oxidation sites excluding steroid dienone is 11. The quantitative estimate of drug-likeness (QED) is 0.177. The van der Waals surface area contributed by atoms with Crippen molar-refractivity contribution < 1.29 is 9.76 Å². The molecule has 0 fully saturated rings. The summed E-state index contributed by atoms with van der Waals surface area (Å²) in [5.74, 6) is 0.421. The van der Waals surface area contributed by atoms with E-state index >= 15 is 0 Å². The molecule has 0 saturated carbocycles. The minimum atomic E-state index is -0.946. The second-order valence-corrected chi connectivity index (χ2v) is 14.8. The highest BCUT2D eigenvalue weighted by molar-refractivity contribution is 6.30. The standard InChI is InChI=1S/C44H55BN2O2/c1-8-9-15-33(24-32(2)45-49-44(5,6)43(3,4)48)40-27-41(36-17-11-10-16-35(26-36)39-21-14-23-47(7)31-39)29-42(28-40)37-19-12-18-34(25-37)38-20-13-22-46-30-38/h9-10,12-16,18-21,23-30,32,36,45-46,48H,8,11,17,22,31H2,1-7H3/b15-9-,33-24+. The highest BCUT2D eigenvalue weighted by atomic mass is 16.5. The number of hydrogen-bond donors (Lipinski definition) is 2. The summed E-state index contributed by atoms with van der Waals surface area (Å²) >= 11 is 0. The first-order chi connectivity index (χ1) is 23.4. The largest absolute Gasteiger partial charge is 0.431 e. The Kier molecular flexibility index (Phi) is 11.9. The highest BCUT2D eigenvalue weighted by Crippen LogP contribution is 2.37. The Bertz CT molecular complexity index is 1730. The van der Waals surface area contributed by atoms with Crippen LogP contribution in [0.5, 0.6) is 0 Å². The molecule has 0 saturated heterocycles. The van der Waals surface area contributed by atoms with Gasteiger partial charge in [0.25, 0.3) is 7.48 Å². The molecular formula is C44H55BN2O2. The van der Waals surface area contributed by atoms with Crippen LogP contribution in [0.15, 0.2) is 127 Å². The third-order valence-electron chi connectivity index (χ3n) is 9.97. The van der Waals surface area contributed by atoms with Gasteiger partial charge < -0.3 is 20.0 Å². The van der Waals surface area contributed by atoms with Crippen LogP contribution in [-0.4, -0.2) is 48.8 Å². The molecule has 0 amide bonds. The Balaban J connectivity index is 1.59. The average Bonchev–Trinajstić information content (AvgIpc) is 3.36. The summed E-state index contributed by atoms with van der Waals surface area (Å²) in [6.45, 7) is 13.7. The lowest BCUT2D eigenvalue weighted by molar-refractivity contribution is -0.0906. The molecular weight excluding hydrogens is 599 g/mol. The lowest BCUT2D eigenvalue weighted by Gasteiger charge is -2.38. The van der Waals surface area contributed by atoms with Crippen molar-refractivity contribution in [2.75, 3.05) is 20.1 Å². The summed E-state index contributed by atoms with van der Waals surface area (Å²) in [5, 5.41) is 14.0. The molecule has 2 heterocycles. The SMILES string of the molecule is CC/C=C\C(=C/C(C)BOC(C)(C)C(C)(C)O)c1cc(-c2cccc(C3=CNCC=C3)c2)cc(C2C=C(C3=CC=CN(C)C3)C=CCC2)c1. The van der Waals surface area contributed by atoms with Crippen molar-refractivity contribution >= 4 is 18.6 Å². The zero-order valence-corrected chi connectivity index (χ0v) is 30.7. The lowest BCUT2D eigenvalue weighted by Crippen LogP contribution is -2.48. The van der Waals surface area contributed by atoms with Gasteiger partial charge in [-0.25, -0.2) is 0 Å². The van der Waals surface area contributed by atoms with E-state index in [1.807, 2.05) is 27.7 Å². The molecule has 2 aliphatic heterocycles. The molecule has 4 nitrogen and oxygen atoms in total. The second-order valence-electron chi connectivity index (χ2n) is 14.8. The van der Waals surface area contributed by atoms with Crippen molar-refractivity contribution in [1.82, 2.24) is 10.2 Å². The first kappa shape index (κ1) is 36.2. The fourth-order valence-corrected chi connectivity index (χ4v) is 6.28. The van der Waals surface area contributed by atoms with Crippen LogP contribution in [-0.2, 0) is 4.65 Å². The van der Waals surface area contributed by atoms with E-state index in [0.29, 0.717) is 7.48 Å². The maximum absolute atomic E-state index is 10.7. The first-order valence-electron chi connectivity index (χ1n) is 18.0. The van der Waals surface area contributed by atoms with Gasteiger partial charge in [-0.05, 0) is 127 Å². The molecule has 256 valence electrons. The molecule has 2 unspecified atom stereocenters. The van der Waals surface area contributed by atoms with Crippen LogP contribution in [0.3, 0.4) is 0 Å². The van der Waals surface area contributed by atoms with Gasteiger partial charge in [-0.1, -0.05) is 98.9 Å². The number of nitrogens with one attached hydrogen (secondary N) is 1. The van der Waals surface area contributed by atoms with Crippen molar-refractivity contribution in [3.63, 3.8) is 0 Å². The Morgan fingerprint density at radius 3 is 2.59 bits per heavy atom. The van der Waals surface area contributed by atoms with E-state index in [2.05, 4.69) is 147 Å². The second kappa shape index (κ2) is 16.1. The van der Waals surface area contributed by atoms with Crippen molar-refractivity contribution in [3.05, 3.63) is 143 Å². The third-order valence-corrected chi connectivity index (χ3v) is 9.97. The zero-order valence-electron chi connectivity index (χ0n) is 30.7. The number of hydrogen-bond acceptors (Lipinski definition) is 4. The molecule has 0 radical (unpaired) electrons. The molecule has 0 aromatic heterocycles. The van der Waals surface area contributed by atoms with Crippen molar-refractivity contribution in [2.45, 2.75) is 83.7 Å². The molecule has 49 heavy (non-hydrogen) atoms. The fraction of sp³-hybridized carbons (Fsp3) is 0.364. The molecule has 5 rings (SSSR count). The Labute approximate surface area is 296 Å². The Hall–Kier alpha value is -4.06. The van der Waals surface area contributed by atoms with Crippen LogP contribution in [0.1, 0.15) is 83.4 Å². The van der Waals surface area contributed by atoms with Gasteiger partial charge in [0, 0.05) is 32.3 Å². The van der Waals surface area contributed by atoms with E-state index in [0.717, 1.165) is 32.4 Å². The predicted molar refractivity (Wildman–Crippen MR) is 211 cm³/mol. The van der Waals surface area contributed by atoms with Gasteiger partial charge in [0.1, 0.15) is 0 Å². The number of rotatable bonds is 12. The van der Waals surface area contributed by atoms with E-state index in [1.165, 1.54) is 50.1 Å². The first-order valence-corrected chi connectivity index (χ1v) is 18.0. The predicted octanol–water partition coefficient (Wildman–Crippen LogP) is 9.68. The molecule has 2 N–H and O–H groups in total. The molecule has 2 aromatic rings. The van der Waals surface area contributed by atoms with E-state index in [-0.39, 0.29) is 11.7 Å². The fourth-order valence-electron chi connectivity index (χ4n) is 6.28. The van der Waals surface area contributed by atoms with Gasteiger partial charge >= 0.3 is 0 Å². The van der Waals surface area contributed by atoms with E-state index in [4.69, 9.17) is 4.65 Å². The van der Waals surface area contributed by atoms with Crippen molar-refractivity contribution in [2.24, 2.45) is 0 Å². The minimum Gasteiger partial charge on any atom is -0.431 e. The van der Waals surface area contributed by atoms with Crippen LogP contribution in [0, 0.1) is 0 Å². The maximum atomic E-state index is 10.7. The van der Waals surface area contributed by atoms with Crippen LogP contribution in [0.2, 0.25) is 5.82 Å². The van der Waals surface area contributed by atoms with Crippen LogP contribution < -0.4 is 5.32 Å². The average molecular weight is 655 g/mol. The summed E-state index contributed by atoms with van der Waals surface area (Å²) < 4.78 is 6.31. The molecule has 3 aliphatic rings. The molecule has 0 bridgehead atoms. The van der Waals surface area contributed by atoms with Crippen molar-refractivity contribution in [1.29, 1.82) is 0 Å². The van der Waals surface area contributed by atoms with Crippen LogP contribution >= 0.6 is 0 Å². The maximum Gasteiger partial charge on any atom is 0.282 e. The molecule has 2 aromatic carbocycles. The zero-order chi connectivity index (χ0) is 35.0. The Morgan fingerprint density at radius 1 is 1.06 bits per heavy atom. The Morgan fingerprint density at radius 2 is 1.86 bits per heavy atom. The molecule has 1 aliphatic carbocycles. The van der Waals surface area contributed by atoms with Crippen LogP contribution in [0.25, 0.3) is 22.3 Å². The van der Waals surface area contributed by atoms with E-state index < -0.39 is 11.2 Å². The van der Waals surface area contributed by atoms with E-state index in [9.17, 15) is 5.11 Å². The van der Waals surface area contributed by atoms with Crippen LogP contribution in [0.4, 0.5) is 0 Å². The van der Waals surface area contributed by atoms with Gasteiger partial charge in [-0.3, -0.25) is 0 Å². The number of aliphatic hydroxyl groups is 1. The highest BCUT2D eigenvalue weighted by Gasteiger charge is 2.36. The summed E-state index contributed by atoms with van der Waals surface area (Å²) in [7, 11) is 2.65. The third kappa shape index (κ3) is 9.56. The summed E-state index contributed by atoms with van der Waals surface area (Å²) in [5.41, 5.74) is 9.63. The summed E-state index contributed by atoms with van der Waals surface area (Å²) in [6, 6.07) is 16.1. The molecule has 0 spiro atoms. The molecule has 5 heteroatoms. The monoisotopic (exact) mass is 654 g/mol. The van der Waals surface area contributed by atoms with Gasteiger partial charge in [0.15, 0.2) is 0 Å².